The Morgan fingerprint density at radius 3 is 2.07 bits per heavy atom. The van der Waals surface area contributed by atoms with Crippen molar-refractivity contribution in [3.8, 4) is 5.75 Å². The van der Waals surface area contributed by atoms with E-state index in [1.807, 2.05) is 58.9 Å². The van der Waals surface area contributed by atoms with Crippen molar-refractivity contribution >= 4 is 11.8 Å². The monoisotopic (exact) mass is 382 g/mol. The molecule has 0 saturated heterocycles. The van der Waals surface area contributed by atoms with E-state index in [2.05, 4.69) is 10.6 Å². The predicted octanol–water partition coefficient (Wildman–Crippen LogP) is 4.03. The van der Waals surface area contributed by atoms with Gasteiger partial charge in [-0.2, -0.15) is 0 Å². The van der Waals surface area contributed by atoms with Crippen LogP contribution in [0.3, 0.4) is 0 Å². The molecule has 2 unspecified atom stereocenters. The number of rotatable bonds is 8. The molecule has 2 rings (SSSR count). The SMILES string of the molecule is CCOc1ccc(C(=O)NC(C(=O)NC(C)c2ccc(C)cc2)C(C)C)cc1. The lowest BCUT2D eigenvalue weighted by atomic mass is 10.0. The van der Waals surface area contributed by atoms with Crippen LogP contribution in [-0.4, -0.2) is 24.5 Å². The largest absolute Gasteiger partial charge is 0.494 e. The second-order valence-electron chi connectivity index (χ2n) is 7.29. The molecule has 0 spiro atoms. The quantitative estimate of drug-likeness (QED) is 0.724. The Morgan fingerprint density at radius 2 is 1.54 bits per heavy atom. The Balaban J connectivity index is 2.03. The Morgan fingerprint density at radius 1 is 0.929 bits per heavy atom. The summed E-state index contributed by atoms with van der Waals surface area (Å²) in [6.45, 7) is 10.3. The molecule has 0 aliphatic heterocycles. The van der Waals surface area contributed by atoms with Gasteiger partial charge in [0.2, 0.25) is 5.91 Å². The lowest BCUT2D eigenvalue weighted by molar-refractivity contribution is -0.124. The van der Waals surface area contributed by atoms with Crippen molar-refractivity contribution in [1.29, 1.82) is 0 Å². The van der Waals surface area contributed by atoms with E-state index < -0.39 is 6.04 Å². The van der Waals surface area contributed by atoms with Gasteiger partial charge in [0.1, 0.15) is 11.8 Å². The minimum atomic E-state index is -0.619. The summed E-state index contributed by atoms with van der Waals surface area (Å²) >= 11 is 0. The number of carbonyl (C=O) groups excluding carboxylic acids is 2. The van der Waals surface area contributed by atoms with Gasteiger partial charge < -0.3 is 15.4 Å². The van der Waals surface area contributed by atoms with Crippen LogP contribution in [0.2, 0.25) is 0 Å². The number of hydrogen-bond donors (Lipinski definition) is 2. The van der Waals surface area contributed by atoms with Crippen LogP contribution in [0, 0.1) is 12.8 Å². The summed E-state index contributed by atoms with van der Waals surface area (Å²) in [5.74, 6) is 0.197. The zero-order valence-electron chi connectivity index (χ0n) is 17.3. The van der Waals surface area contributed by atoms with Gasteiger partial charge >= 0.3 is 0 Å². The average Bonchev–Trinajstić information content (AvgIpc) is 2.66. The van der Waals surface area contributed by atoms with Gasteiger partial charge in [-0.15, -0.1) is 0 Å². The standard InChI is InChI=1S/C23H30N2O3/c1-6-28-20-13-11-19(12-14-20)22(26)25-21(15(2)3)23(27)24-17(5)18-9-7-16(4)8-10-18/h7-15,17,21H,6H2,1-5H3,(H,24,27)(H,25,26). The smallest absolute Gasteiger partial charge is 0.251 e. The average molecular weight is 383 g/mol. The van der Waals surface area contributed by atoms with Crippen molar-refractivity contribution in [3.63, 3.8) is 0 Å². The number of carbonyl (C=O) groups is 2. The highest BCUT2D eigenvalue weighted by Crippen LogP contribution is 2.15. The molecule has 0 bridgehead atoms. The van der Waals surface area contributed by atoms with E-state index in [4.69, 9.17) is 4.74 Å². The third kappa shape index (κ3) is 5.84. The third-order valence-electron chi connectivity index (χ3n) is 4.60. The summed E-state index contributed by atoms with van der Waals surface area (Å²) in [5, 5.41) is 5.86. The van der Waals surface area contributed by atoms with Crippen LogP contribution in [-0.2, 0) is 4.79 Å². The molecule has 0 aliphatic carbocycles. The highest BCUT2D eigenvalue weighted by atomic mass is 16.5. The zero-order valence-corrected chi connectivity index (χ0v) is 17.3. The molecule has 0 fully saturated rings. The van der Waals surface area contributed by atoms with Crippen molar-refractivity contribution < 1.29 is 14.3 Å². The molecule has 0 saturated carbocycles. The second-order valence-corrected chi connectivity index (χ2v) is 7.29. The van der Waals surface area contributed by atoms with E-state index in [-0.39, 0.29) is 23.8 Å². The van der Waals surface area contributed by atoms with Crippen LogP contribution in [0.5, 0.6) is 5.75 Å². The topological polar surface area (TPSA) is 67.4 Å². The van der Waals surface area contributed by atoms with E-state index in [9.17, 15) is 9.59 Å². The fourth-order valence-electron chi connectivity index (χ4n) is 2.87. The molecular formula is C23H30N2O3. The predicted molar refractivity (Wildman–Crippen MR) is 111 cm³/mol. The molecule has 150 valence electrons. The van der Waals surface area contributed by atoms with Crippen molar-refractivity contribution in [2.24, 2.45) is 5.92 Å². The molecular weight excluding hydrogens is 352 g/mol. The molecule has 2 aromatic rings. The van der Waals surface area contributed by atoms with Crippen LogP contribution in [0.25, 0.3) is 0 Å². The summed E-state index contributed by atoms with van der Waals surface area (Å²) in [6.07, 6.45) is 0. The summed E-state index contributed by atoms with van der Waals surface area (Å²) in [7, 11) is 0. The Labute approximate surface area is 167 Å². The van der Waals surface area contributed by atoms with Crippen molar-refractivity contribution in [2.45, 2.75) is 46.7 Å². The van der Waals surface area contributed by atoms with Crippen LogP contribution in [0.1, 0.15) is 55.2 Å². The first-order valence-electron chi connectivity index (χ1n) is 9.72. The van der Waals surface area contributed by atoms with Gasteiger partial charge in [-0.3, -0.25) is 9.59 Å². The normalized spacial score (nSPS) is 12.9. The fraction of sp³-hybridized carbons (Fsp3) is 0.391. The first-order chi connectivity index (χ1) is 13.3. The number of amides is 2. The van der Waals surface area contributed by atoms with Crippen LogP contribution in [0.15, 0.2) is 48.5 Å². The first kappa shape index (κ1) is 21.5. The van der Waals surface area contributed by atoms with Gasteiger partial charge in [0.05, 0.1) is 12.6 Å². The van der Waals surface area contributed by atoms with Crippen molar-refractivity contribution in [2.75, 3.05) is 6.61 Å². The van der Waals surface area contributed by atoms with Gasteiger partial charge in [0, 0.05) is 5.56 Å². The maximum Gasteiger partial charge on any atom is 0.251 e. The van der Waals surface area contributed by atoms with E-state index >= 15 is 0 Å². The molecule has 2 atom stereocenters. The van der Waals surface area contributed by atoms with E-state index in [0.29, 0.717) is 17.9 Å². The number of benzene rings is 2. The molecule has 0 aliphatic rings. The van der Waals surface area contributed by atoms with Gasteiger partial charge in [-0.05, 0) is 56.5 Å². The van der Waals surface area contributed by atoms with E-state index in [0.717, 1.165) is 5.56 Å². The second kappa shape index (κ2) is 9.93. The fourth-order valence-corrected chi connectivity index (χ4v) is 2.87. The molecule has 28 heavy (non-hydrogen) atoms. The molecule has 2 amide bonds. The van der Waals surface area contributed by atoms with Crippen LogP contribution in [0.4, 0.5) is 0 Å². The van der Waals surface area contributed by atoms with Crippen molar-refractivity contribution in [3.05, 3.63) is 65.2 Å². The first-order valence-corrected chi connectivity index (χ1v) is 9.72. The van der Waals surface area contributed by atoms with Gasteiger partial charge in [0.15, 0.2) is 0 Å². The number of aryl methyl sites for hydroxylation is 1. The number of ether oxygens (including phenoxy) is 1. The summed E-state index contributed by atoms with van der Waals surface area (Å²) in [6, 6.07) is 14.2. The molecule has 0 heterocycles. The molecule has 2 aromatic carbocycles. The van der Waals surface area contributed by atoms with E-state index in [1.165, 1.54) is 5.56 Å². The van der Waals surface area contributed by atoms with Crippen molar-refractivity contribution in [1.82, 2.24) is 10.6 Å². The minimum Gasteiger partial charge on any atom is -0.494 e. The third-order valence-corrected chi connectivity index (χ3v) is 4.60. The zero-order chi connectivity index (χ0) is 20.7. The highest BCUT2D eigenvalue weighted by Gasteiger charge is 2.26. The lowest BCUT2D eigenvalue weighted by Gasteiger charge is -2.24. The molecule has 5 nitrogen and oxygen atoms in total. The van der Waals surface area contributed by atoms with Gasteiger partial charge in [0.25, 0.3) is 5.91 Å². The highest BCUT2D eigenvalue weighted by molar-refractivity contribution is 5.97. The summed E-state index contributed by atoms with van der Waals surface area (Å²) < 4.78 is 5.40. The molecule has 0 aromatic heterocycles. The lowest BCUT2D eigenvalue weighted by Crippen LogP contribution is -2.50. The van der Waals surface area contributed by atoms with E-state index in [1.54, 1.807) is 24.3 Å². The summed E-state index contributed by atoms with van der Waals surface area (Å²) in [4.78, 5) is 25.4. The molecule has 0 radical (unpaired) electrons. The Kier molecular flexibility index (Phi) is 7.61. The Hall–Kier alpha value is -2.82. The summed E-state index contributed by atoms with van der Waals surface area (Å²) in [5.41, 5.74) is 2.69. The molecule has 2 N–H and O–H groups in total. The number of hydrogen-bond acceptors (Lipinski definition) is 3. The van der Waals surface area contributed by atoms with Crippen LogP contribution < -0.4 is 15.4 Å². The Bertz CT molecular complexity index is 782. The van der Waals surface area contributed by atoms with Crippen LogP contribution >= 0.6 is 0 Å². The number of nitrogens with one attached hydrogen (secondary N) is 2. The molecule has 5 heteroatoms. The van der Waals surface area contributed by atoms with Gasteiger partial charge in [-0.25, -0.2) is 0 Å². The minimum absolute atomic E-state index is 0.0446. The maximum absolute atomic E-state index is 12.8. The van der Waals surface area contributed by atoms with Gasteiger partial charge in [-0.1, -0.05) is 43.7 Å². The maximum atomic E-state index is 12.8.